The number of fused-ring (bicyclic) bond motifs is 1. The number of nitrogens with two attached hydrogens (primary N) is 1. The van der Waals surface area contributed by atoms with Gasteiger partial charge < -0.3 is 11.1 Å². The van der Waals surface area contributed by atoms with Crippen molar-refractivity contribution in [2.24, 2.45) is 0 Å². The highest BCUT2D eigenvalue weighted by Crippen LogP contribution is 2.31. The monoisotopic (exact) mass is 276 g/mol. The molecule has 1 fully saturated rings. The number of nitrogens with zero attached hydrogens (tertiary/aromatic N) is 1. The lowest BCUT2D eigenvalue weighted by molar-refractivity contribution is -0.125. The molecule has 0 saturated carbocycles. The van der Waals surface area contributed by atoms with Gasteiger partial charge in [-0.15, -0.1) is 0 Å². The van der Waals surface area contributed by atoms with Gasteiger partial charge in [0.1, 0.15) is 6.04 Å². The quantitative estimate of drug-likeness (QED) is 0.582. The number of nitrogens with one attached hydrogen (secondary N) is 1. The molecule has 1 saturated heterocycles. The highest BCUT2D eigenvalue weighted by Gasteiger charge is 2.44. The molecule has 1 atom stereocenters. The van der Waals surface area contributed by atoms with Crippen molar-refractivity contribution in [2.75, 3.05) is 5.73 Å². The molecule has 2 heterocycles. The highest BCUT2D eigenvalue weighted by molar-refractivity contribution is 6.25. The first-order valence-corrected chi connectivity index (χ1v) is 5.74. The lowest BCUT2D eigenvalue weighted by Gasteiger charge is -2.29. The van der Waals surface area contributed by atoms with Crippen LogP contribution in [-0.4, -0.2) is 28.7 Å². The van der Waals surface area contributed by atoms with E-state index in [-0.39, 0.29) is 12.1 Å². The summed E-state index contributed by atoms with van der Waals surface area (Å²) in [5.74, 6) is -3.06. The van der Waals surface area contributed by atoms with E-state index in [1.807, 2.05) is 0 Å². The van der Waals surface area contributed by atoms with Crippen molar-refractivity contribution >= 4 is 23.4 Å². The van der Waals surface area contributed by atoms with Crippen molar-refractivity contribution in [1.82, 2.24) is 10.2 Å². The Morgan fingerprint density at radius 2 is 2.15 bits per heavy atom. The lowest BCUT2D eigenvalue weighted by atomic mass is 10.0. The van der Waals surface area contributed by atoms with Gasteiger partial charge in [0, 0.05) is 14.1 Å². The summed E-state index contributed by atoms with van der Waals surface area (Å²) in [6, 6.07) is -3.62. The number of hydrogen-bond acceptors (Lipinski definition) is 4. The molecule has 102 valence electrons. The number of carbonyl (C=O) groups excluding carboxylic acids is 3. The molecule has 3 amide bonds. The summed E-state index contributed by atoms with van der Waals surface area (Å²) in [4.78, 5) is 38.0. The van der Waals surface area contributed by atoms with Gasteiger partial charge in [-0.05, 0) is 24.9 Å². The zero-order valence-corrected chi connectivity index (χ0v) is 10.2. The molecular formula is C14H13N3O3. The third-order valence-corrected chi connectivity index (χ3v) is 3.08. The standard InChI is InChI=1S/C14H13N3O3/c1-7-5-6-10(12(18)16-7)17-13(19)8-3-2-4-9(15)11(8)14(17)20/h2-4,10H,1,5-6,15H2,(H,16,18)/t10-/m1/s1/i2D,3D,4D,6D2. The van der Waals surface area contributed by atoms with Crippen LogP contribution in [0, 0.1) is 0 Å². The second kappa shape index (κ2) is 4.19. The van der Waals surface area contributed by atoms with E-state index in [0.717, 1.165) is 0 Å². The van der Waals surface area contributed by atoms with Crippen LogP contribution in [-0.2, 0) is 4.79 Å². The van der Waals surface area contributed by atoms with Gasteiger partial charge in [0.2, 0.25) is 5.91 Å². The number of hydrogen-bond donors (Lipinski definition) is 2. The summed E-state index contributed by atoms with van der Waals surface area (Å²) in [5.41, 5.74) is 4.41. The second-order valence-electron chi connectivity index (χ2n) is 4.40. The van der Waals surface area contributed by atoms with Crippen LogP contribution in [0.25, 0.3) is 0 Å². The molecule has 0 radical (unpaired) electrons. The Labute approximate surface area is 122 Å². The van der Waals surface area contributed by atoms with Crippen LogP contribution in [0.1, 0.15) is 40.4 Å². The molecule has 0 spiro atoms. The number of imide groups is 1. The molecule has 1 aromatic carbocycles. The maximum absolute atomic E-state index is 12.7. The molecule has 20 heavy (non-hydrogen) atoms. The first-order chi connectivity index (χ1) is 11.5. The van der Waals surface area contributed by atoms with Crippen LogP contribution in [0.15, 0.2) is 30.4 Å². The van der Waals surface area contributed by atoms with Crippen LogP contribution in [0.3, 0.4) is 0 Å². The van der Waals surface area contributed by atoms with E-state index in [1.165, 1.54) is 0 Å². The van der Waals surface area contributed by atoms with E-state index >= 15 is 0 Å². The molecule has 2 aliphatic rings. The zero-order chi connectivity index (χ0) is 18.8. The van der Waals surface area contributed by atoms with Gasteiger partial charge in [-0.2, -0.15) is 0 Å². The highest BCUT2D eigenvalue weighted by atomic mass is 16.2. The third-order valence-electron chi connectivity index (χ3n) is 3.08. The summed E-state index contributed by atoms with van der Waals surface area (Å²) < 4.78 is 39.3. The van der Waals surface area contributed by atoms with Gasteiger partial charge in [-0.25, -0.2) is 0 Å². The molecule has 3 N–H and O–H groups in total. The summed E-state index contributed by atoms with van der Waals surface area (Å²) in [6.45, 7) is 3.49. The van der Waals surface area contributed by atoms with Crippen LogP contribution >= 0.6 is 0 Å². The lowest BCUT2D eigenvalue weighted by Crippen LogP contribution is -2.51. The predicted molar refractivity (Wildman–Crippen MR) is 71.7 cm³/mol. The maximum atomic E-state index is 12.7. The van der Waals surface area contributed by atoms with Gasteiger partial charge >= 0.3 is 0 Å². The number of allylic oxidation sites excluding steroid dienone is 1. The Morgan fingerprint density at radius 1 is 1.40 bits per heavy atom. The molecule has 1 aromatic rings. The third kappa shape index (κ3) is 1.61. The smallest absolute Gasteiger partial charge is 0.264 e. The normalized spacial score (nSPS) is 28.1. The van der Waals surface area contributed by atoms with E-state index in [0.29, 0.717) is 4.90 Å². The van der Waals surface area contributed by atoms with E-state index in [4.69, 9.17) is 12.6 Å². The van der Waals surface area contributed by atoms with Gasteiger partial charge in [-0.1, -0.05) is 12.6 Å². The minimum atomic E-state index is -2.27. The Bertz CT molecular complexity index is 836. The molecule has 6 nitrogen and oxygen atoms in total. The van der Waals surface area contributed by atoms with Crippen molar-refractivity contribution in [3.05, 3.63) is 41.5 Å². The fourth-order valence-electron chi connectivity index (χ4n) is 2.18. The van der Waals surface area contributed by atoms with Crippen molar-refractivity contribution in [3.8, 4) is 0 Å². The van der Waals surface area contributed by atoms with E-state index in [2.05, 4.69) is 11.9 Å². The van der Waals surface area contributed by atoms with Crippen LogP contribution in [0.2, 0.25) is 0 Å². The van der Waals surface area contributed by atoms with E-state index < -0.39 is 65.1 Å². The van der Waals surface area contributed by atoms with Gasteiger partial charge in [0.15, 0.2) is 0 Å². The topological polar surface area (TPSA) is 92.5 Å². The first-order valence-electron chi connectivity index (χ1n) is 8.24. The maximum Gasteiger partial charge on any atom is 0.264 e. The molecule has 2 aliphatic heterocycles. The Kier molecular flexibility index (Phi) is 1.64. The van der Waals surface area contributed by atoms with Crippen LogP contribution in [0.5, 0.6) is 0 Å². The first kappa shape index (κ1) is 7.84. The molecular weight excluding hydrogens is 258 g/mol. The van der Waals surface area contributed by atoms with Crippen molar-refractivity contribution in [3.63, 3.8) is 0 Å². The molecule has 3 rings (SSSR count). The number of carbonyl (C=O) groups is 3. The minimum absolute atomic E-state index is 0.116. The van der Waals surface area contributed by atoms with Gasteiger partial charge in [0.05, 0.1) is 15.2 Å². The Hall–Kier alpha value is -2.63. The summed E-state index contributed by atoms with van der Waals surface area (Å²) in [7, 11) is 0. The molecule has 0 unspecified atom stereocenters. The van der Waals surface area contributed by atoms with Gasteiger partial charge in [-0.3, -0.25) is 19.3 Å². The summed E-state index contributed by atoms with van der Waals surface area (Å²) >= 11 is 0. The summed E-state index contributed by atoms with van der Waals surface area (Å²) in [6.07, 6.45) is -2.56. The predicted octanol–water partition coefficient (Wildman–Crippen LogP) is 0.657. The molecule has 6 heteroatoms. The number of anilines is 1. The van der Waals surface area contributed by atoms with Crippen molar-refractivity contribution < 1.29 is 21.2 Å². The average Bonchev–Trinajstić information content (AvgIpc) is 2.74. The summed E-state index contributed by atoms with van der Waals surface area (Å²) in [5, 5.41) is 2.31. The largest absolute Gasteiger partial charge is 0.398 e. The Morgan fingerprint density at radius 3 is 2.85 bits per heavy atom. The number of amides is 3. The number of piperidine rings is 1. The molecule has 0 bridgehead atoms. The second-order valence-corrected chi connectivity index (χ2v) is 4.40. The van der Waals surface area contributed by atoms with Crippen LogP contribution < -0.4 is 11.1 Å². The zero-order valence-electron chi connectivity index (χ0n) is 15.2. The van der Waals surface area contributed by atoms with Gasteiger partial charge in [0.25, 0.3) is 11.8 Å². The fraction of sp³-hybridized carbons (Fsp3) is 0.214. The van der Waals surface area contributed by atoms with E-state index in [1.54, 1.807) is 0 Å². The Balaban J connectivity index is 2.19. The fourth-order valence-corrected chi connectivity index (χ4v) is 2.18. The average molecular weight is 276 g/mol. The van der Waals surface area contributed by atoms with E-state index in [9.17, 15) is 14.4 Å². The number of rotatable bonds is 1. The minimum Gasteiger partial charge on any atom is -0.398 e. The molecule has 0 aromatic heterocycles. The SMILES string of the molecule is [2H]c1c([2H])c(N)c2c(c1[2H])C(=O)N([C@H]1C(=O)NC(=C)CC1([2H])[2H])C2=O. The number of nitrogen functional groups attached to an aromatic ring is 1. The van der Waals surface area contributed by atoms with Crippen molar-refractivity contribution in [2.45, 2.75) is 18.8 Å². The van der Waals surface area contributed by atoms with Crippen molar-refractivity contribution in [1.29, 1.82) is 0 Å². The number of benzene rings is 1. The molecule has 0 aliphatic carbocycles. The van der Waals surface area contributed by atoms with Crippen LogP contribution in [0.4, 0.5) is 5.69 Å².